The lowest BCUT2D eigenvalue weighted by molar-refractivity contribution is 0.162. The summed E-state index contributed by atoms with van der Waals surface area (Å²) >= 11 is 0. The molecule has 0 aliphatic carbocycles. The summed E-state index contributed by atoms with van der Waals surface area (Å²) < 4.78 is 5.36. The second-order valence-electron chi connectivity index (χ2n) is 3.93. The Bertz CT molecular complexity index is 332. The highest BCUT2D eigenvalue weighted by atomic mass is 16.5. The first-order valence-electron chi connectivity index (χ1n) is 5.44. The molecule has 0 heterocycles. The van der Waals surface area contributed by atoms with Gasteiger partial charge in [0.05, 0.1) is 13.2 Å². The third-order valence-corrected chi connectivity index (χ3v) is 2.83. The highest BCUT2D eigenvalue weighted by molar-refractivity contribution is 5.46. The summed E-state index contributed by atoms with van der Waals surface area (Å²) in [5, 5.41) is 9.97. The molecule has 84 valence electrons. The van der Waals surface area contributed by atoms with Gasteiger partial charge in [0, 0.05) is 5.56 Å². The monoisotopic (exact) mass is 208 g/mol. The van der Waals surface area contributed by atoms with Gasteiger partial charge in [0.25, 0.3) is 0 Å². The summed E-state index contributed by atoms with van der Waals surface area (Å²) in [6.07, 6.45) is 1.33. The summed E-state index contributed by atoms with van der Waals surface area (Å²) in [5.41, 5.74) is 3.21. The predicted octanol–water partition coefficient (Wildman–Crippen LogP) is 3.15. The molecular weight excluding hydrogens is 188 g/mol. The summed E-state index contributed by atoms with van der Waals surface area (Å²) in [6.45, 7) is 6.14. The van der Waals surface area contributed by atoms with Gasteiger partial charge in [-0.25, -0.2) is 0 Å². The van der Waals surface area contributed by atoms with Gasteiger partial charge in [-0.1, -0.05) is 25.5 Å². The predicted molar refractivity (Wildman–Crippen MR) is 62.3 cm³/mol. The standard InChI is InChI=1S/C13H20O2/c1-5-6-12(14)11-8-7-9(2)10(3)13(11)15-4/h7-8,12,14H,5-6H2,1-4H3. The number of aliphatic hydroxyl groups is 1. The van der Waals surface area contributed by atoms with Crippen LogP contribution in [0.1, 0.15) is 42.6 Å². The molecule has 0 aromatic heterocycles. The lowest BCUT2D eigenvalue weighted by Gasteiger charge is -2.17. The normalized spacial score (nSPS) is 12.6. The van der Waals surface area contributed by atoms with Crippen molar-refractivity contribution >= 4 is 0 Å². The average Bonchev–Trinajstić information content (AvgIpc) is 2.22. The zero-order chi connectivity index (χ0) is 11.4. The number of rotatable bonds is 4. The van der Waals surface area contributed by atoms with Gasteiger partial charge in [0.2, 0.25) is 0 Å². The number of hydrogen-bond donors (Lipinski definition) is 1. The molecule has 0 aliphatic rings. The Hall–Kier alpha value is -1.02. The molecule has 1 atom stereocenters. The van der Waals surface area contributed by atoms with E-state index in [0.29, 0.717) is 0 Å². The van der Waals surface area contributed by atoms with Gasteiger partial charge in [0.1, 0.15) is 5.75 Å². The quantitative estimate of drug-likeness (QED) is 0.823. The van der Waals surface area contributed by atoms with Crippen molar-refractivity contribution in [2.24, 2.45) is 0 Å². The van der Waals surface area contributed by atoms with Crippen LogP contribution >= 0.6 is 0 Å². The molecule has 0 saturated heterocycles. The number of aryl methyl sites for hydroxylation is 1. The third-order valence-electron chi connectivity index (χ3n) is 2.83. The summed E-state index contributed by atoms with van der Waals surface area (Å²) in [7, 11) is 1.66. The van der Waals surface area contributed by atoms with E-state index in [1.54, 1.807) is 7.11 Å². The van der Waals surface area contributed by atoms with E-state index in [1.165, 1.54) is 5.56 Å². The van der Waals surface area contributed by atoms with Gasteiger partial charge in [-0.2, -0.15) is 0 Å². The van der Waals surface area contributed by atoms with Crippen molar-refractivity contribution in [1.29, 1.82) is 0 Å². The second-order valence-corrected chi connectivity index (χ2v) is 3.93. The number of methoxy groups -OCH3 is 1. The fourth-order valence-corrected chi connectivity index (χ4v) is 1.77. The first-order chi connectivity index (χ1) is 7.11. The van der Waals surface area contributed by atoms with Crippen molar-refractivity contribution in [2.45, 2.75) is 39.7 Å². The first-order valence-corrected chi connectivity index (χ1v) is 5.44. The van der Waals surface area contributed by atoms with Crippen LogP contribution in [0.4, 0.5) is 0 Å². The van der Waals surface area contributed by atoms with Gasteiger partial charge in [-0.3, -0.25) is 0 Å². The Kier molecular flexibility index (Phi) is 4.15. The van der Waals surface area contributed by atoms with Crippen LogP contribution in [0, 0.1) is 13.8 Å². The molecule has 15 heavy (non-hydrogen) atoms. The van der Waals surface area contributed by atoms with Crippen LogP contribution in [0.5, 0.6) is 5.75 Å². The van der Waals surface area contributed by atoms with Crippen LogP contribution in [-0.4, -0.2) is 12.2 Å². The molecule has 2 heteroatoms. The topological polar surface area (TPSA) is 29.5 Å². The summed E-state index contributed by atoms with van der Waals surface area (Å²) in [6, 6.07) is 3.99. The van der Waals surface area contributed by atoms with Crippen molar-refractivity contribution in [3.8, 4) is 5.75 Å². The van der Waals surface area contributed by atoms with Crippen LogP contribution in [0.3, 0.4) is 0 Å². The maximum Gasteiger partial charge on any atom is 0.127 e. The van der Waals surface area contributed by atoms with Crippen LogP contribution in [0.25, 0.3) is 0 Å². The molecule has 0 aliphatic heterocycles. The number of ether oxygens (including phenoxy) is 1. The lowest BCUT2D eigenvalue weighted by atomic mass is 9.98. The number of benzene rings is 1. The highest BCUT2D eigenvalue weighted by Gasteiger charge is 2.15. The second kappa shape index (κ2) is 5.17. The van der Waals surface area contributed by atoms with E-state index in [0.717, 1.165) is 29.7 Å². The Morgan fingerprint density at radius 1 is 1.33 bits per heavy atom. The van der Waals surface area contributed by atoms with Gasteiger partial charge in [-0.15, -0.1) is 0 Å². The van der Waals surface area contributed by atoms with Gasteiger partial charge in [0.15, 0.2) is 0 Å². The number of aliphatic hydroxyl groups excluding tert-OH is 1. The van der Waals surface area contributed by atoms with E-state index in [9.17, 15) is 5.11 Å². The maximum absolute atomic E-state index is 9.97. The largest absolute Gasteiger partial charge is 0.496 e. The van der Waals surface area contributed by atoms with Crippen LogP contribution in [-0.2, 0) is 0 Å². The first kappa shape index (κ1) is 12.1. The molecule has 1 aromatic rings. The zero-order valence-corrected chi connectivity index (χ0v) is 10.0. The van der Waals surface area contributed by atoms with E-state index >= 15 is 0 Å². The van der Waals surface area contributed by atoms with Crippen molar-refractivity contribution in [3.63, 3.8) is 0 Å². The Labute approximate surface area is 91.9 Å². The minimum Gasteiger partial charge on any atom is -0.496 e. The Balaban J connectivity index is 3.12. The van der Waals surface area contributed by atoms with Crippen LogP contribution < -0.4 is 4.74 Å². The third kappa shape index (κ3) is 2.51. The van der Waals surface area contributed by atoms with E-state index in [1.807, 2.05) is 26.0 Å². The summed E-state index contributed by atoms with van der Waals surface area (Å²) in [5.74, 6) is 0.830. The minimum absolute atomic E-state index is 0.413. The molecule has 2 nitrogen and oxygen atoms in total. The molecular formula is C13H20O2. The van der Waals surface area contributed by atoms with Crippen molar-refractivity contribution in [1.82, 2.24) is 0 Å². The smallest absolute Gasteiger partial charge is 0.127 e. The zero-order valence-electron chi connectivity index (χ0n) is 10.0. The Morgan fingerprint density at radius 3 is 2.53 bits per heavy atom. The highest BCUT2D eigenvalue weighted by Crippen LogP contribution is 2.32. The number of hydrogen-bond acceptors (Lipinski definition) is 2. The molecule has 0 radical (unpaired) electrons. The molecule has 0 bridgehead atoms. The van der Waals surface area contributed by atoms with E-state index in [4.69, 9.17) is 4.74 Å². The van der Waals surface area contributed by atoms with Crippen molar-refractivity contribution < 1.29 is 9.84 Å². The molecule has 1 unspecified atom stereocenters. The fourth-order valence-electron chi connectivity index (χ4n) is 1.77. The Morgan fingerprint density at radius 2 is 2.00 bits per heavy atom. The molecule has 1 aromatic carbocycles. The SMILES string of the molecule is CCCC(O)c1ccc(C)c(C)c1OC. The fraction of sp³-hybridized carbons (Fsp3) is 0.538. The summed E-state index contributed by atoms with van der Waals surface area (Å²) in [4.78, 5) is 0. The molecule has 1 N–H and O–H groups in total. The minimum atomic E-state index is -0.413. The molecule has 0 spiro atoms. The van der Waals surface area contributed by atoms with Crippen LogP contribution in [0.15, 0.2) is 12.1 Å². The average molecular weight is 208 g/mol. The van der Waals surface area contributed by atoms with Gasteiger partial charge < -0.3 is 9.84 Å². The molecule has 0 amide bonds. The van der Waals surface area contributed by atoms with Crippen molar-refractivity contribution in [2.75, 3.05) is 7.11 Å². The van der Waals surface area contributed by atoms with E-state index in [2.05, 4.69) is 6.92 Å². The van der Waals surface area contributed by atoms with E-state index in [-0.39, 0.29) is 0 Å². The lowest BCUT2D eigenvalue weighted by Crippen LogP contribution is -2.02. The molecule has 0 fully saturated rings. The maximum atomic E-state index is 9.97. The van der Waals surface area contributed by atoms with Crippen molar-refractivity contribution in [3.05, 3.63) is 28.8 Å². The molecule has 0 saturated carbocycles. The van der Waals surface area contributed by atoms with E-state index < -0.39 is 6.10 Å². The molecule has 1 rings (SSSR count). The van der Waals surface area contributed by atoms with Crippen LogP contribution in [0.2, 0.25) is 0 Å². The van der Waals surface area contributed by atoms with Gasteiger partial charge >= 0.3 is 0 Å². The van der Waals surface area contributed by atoms with Gasteiger partial charge in [-0.05, 0) is 31.4 Å².